The van der Waals surface area contributed by atoms with Gasteiger partial charge in [0.2, 0.25) is 0 Å². The van der Waals surface area contributed by atoms with Gasteiger partial charge in [-0.2, -0.15) is 0 Å². The van der Waals surface area contributed by atoms with Crippen LogP contribution in [-0.4, -0.2) is 36.1 Å². The van der Waals surface area contributed by atoms with Gasteiger partial charge >= 0.3 is 5.97 Å². The number of benzene rings is 2. The van der Waals surface area contributed by atoms with Crippen LogP contribution in [0.15, 0.2) is 42.5 Å². The molecule has 0 bridgehead atoms. The number of nitro benzene ring substituents is 1. The van der Waals surface area contributed by atoms with Gasteiger partial charge in [0.05, 0.1) is 23.7 Å². The number of hydrogen-bond donors (Lipinski definition) is 1. The van der Waals surface area contributed by atoms with Crippen molar-refractivity contribution in [3.63, 3.8) is 0 Å². The van der Waals surface area contributed by atoms with E-state index < -0.39 is 22.9 Å². The van der Waals surface area contributed by atoms with Crippen LogP contribution in [0.5, 0.6) is 11.5 Å². The summed E-state index contributed by atoms with van der Waals surface area (Å²) >= 11 is 0. The third-order valence-electron chi connectivity index (χ3n) is 3.76. The number of nitro groups is 1. The lowest BCUT2D eigenvalue weighted by molar-refractivity contribution is -0.384. The second kappa shape index (κ2) is 10.1. The van der Waals surface area contributed by atoms with Crippen molar-refractivity contribution in [3.8, 4) is 11.5 Å². The Morgan fingerprint density at radius 3 is 2.41 bits per heavy atom. The molecule has 0 saturated carbocycles. The molecule has 0 saturated heterocycles. The highest BCUT2D eigenvalue weighted by atomic mass is 16.6. The number of rotatable bonds is 9. The number of non-ortho nitro benzene ring substituents is 1. The van der Waals surface area contributed by atoms with E-state index in [4.69, 9.17) is 14.2 Å². The number of anilines is 1. The molecule has 1 atom stereocenters. The lowest BCUT2D eigenvalue weighted by atomic mass is 10.2. The Morgan fingerprint density at radius 1 is 1.07 bits per heavy atom. The van der Waals surface area contributed by atoms with Crippen LogP contribution in [-0.2, 0) is 9.53 Å². The van der Waals surface area contributed by atoms with Gasteiger partial charge in [0.1, 0.15) is 0 Å². The Kier molecular flexibility index (Phi) is 7.53. The van der Waals surface area contributed by atoms with Crippen LogP contribution in [0.4, 0.5) is 11.4 Å². The van der Waals surface area contributed by atoms with Crippen molar-refractivity contribution in [3.05, 3.63) is 58.1 Å². The van der Waals surface area contributed by atoms with Crippen LogP contribution in [0.3, 0.4) is 0 Å². The maximum Gasteiger partial charge on any atom is 0.339 e. The summed E-state index contributed by atoms with van der Waals surface area (Å²) in [5.74, 6) is -0.426. The Hall–Kier alpha value is -3.62. The third-order valence-corrected chi connectivity index (χ3v) is 3.76. The van der Waals surface area contributed by atoms with Crippen LogP contribution < -0.4 is 14.8 Å². The van der Waals surface area contributed by atoms with Crippen molar-refractivity contribution in [2.75, 3.05) is 18.5 Å². The van der Waals surface area contributed by atoms with Gasteiger partial charge in [-0.3, -0.25) is 14.9 Å². The molecule has 1 amide bonds. The Bertz CT molecular complexity index is 898. The van der Waals surface area contributed by atoms with Gasteiger partial charge < -0.3 is 19.5 Å². The first-order chi connectivity index (χ1) is 13.8. The van der Waals surface area contributed by atoms with Gasteiger partial charge in [-0.1, -0.05) is 6.07 Å². The first-order valence-electron chi connectivity index (χ1n) is 9.01. The lowest BCUT2D eigenvalue weighted by Crippen LogP contribution is -2.30. The number of carbonyl (C=O) groups excluding carboxylic acids is 2. The molecule has 0 radical (unpaired) electrons. The van der Waals surface area contributed by atoms with Gasteiger partial charge in [-0.25, -0.2) is 4.79 Å². The Labute approximate surface area is 167 Å². The molecule has 1 unspecified atom stereocenters. The second-order valence-electron chi connectivity index (χ2n) is 5.87. The second-order valence-corrected chi connectivity index (χ2v) is 5.87. The molecule has 9 nitrogen and oxygen atoms in total. The monoisotopic (exact) mass is 402 g/mol. The smallest absolute Gasteiger partial charge is 0.339 e. The number of ether oxygens (including phenoxy) is 3. The maximum absolute atomic E-state index is 12.4. The van der Waals surface area contributed by atoms with E-state index in [2.05, 4.69) is 5.32 Å². The van der Waals surface area contributed by atoms with Crippen molar-refractivity contribution in [2.24, 2.45) is 0 Å². The fraction of sp³-hybridized carbons (Fsp3) is 0.300. The zero-order valence-corrected chi connectivity index (χ0v) is 16.3. The summed E-state index contributed by atoms with van der Waals surface area (Å²) in [6, 6.07) is 10.1. The quantitative estimate of drug-likeness (QED) is 0.387. The SMILES string of the molecule is CCOc1ccc(C(=O)OC(C)C(=O)Nc2cccc([N+](=O)[O-])c2)cc1OCC. The zero-order chi connectivity index (χ0) is 21.4. The minimum atomic E-state index is -1.12. The van der Waals surface area contributed by atoms with E-state index in [9.17, 15) is 19.7 Å². The number of hydrogen-bond acceptors (Lipinski definition) is 7. The van der Waals surface area contributed by atoms with Crippen molar-refractivity contribution in [2.45, 2.75) is 26.9 Å². The fourth-order valence-corrected chi connectivity index (χ4v) is 2.40. The predicted octanol–water partition coefficient (Wildman–Crippen LogP) is 3.58. The summed E-state index contributed by atoms with van der Waals surface area (Å²) < 4.78 is 16.1. The van der Waals surface area contributed by atoms with Gasteiger partial charge in [0, 0.05) is 17.8 Å². The molecule has 0 aromatic heterocycles. The molecule has 2 rings (SSSR count). The molecule has 1 N–H and O–H groups in total. The van der Waals surface area contributed by atoms with Gasteiger partial charge in [-0.15, -0.1) is 0 Å². The highest BCUT2D eigenvalue weighted by molar-refractivity contribution is 5.97. The van der Waals surface area contributed by atoms with Crippen LogP contribution in [0.2, 0.25) is 0 Å². The zero-order valence-electron chi connectivity index (χ0n) is 16.3. The summed E-state index contributed by atoms with van der Waals surface area (Å²) in [6.45, 7) is 5.88. The average molecular weight is 402 g/mol. The molecule has 0 aliphatic heterocycles. The van der Waals surface area contributed by atoms with Crippen molar-refractivity contribution in [1.29, 1.82) is 0 Å². The van der Waals surface area contributed by atoms with E-state index in [1.807, 2.05) is 6.92 Å². The highest BCUT2D eigenvalue weighted by Gasteiger charge is 2.21. The number of nitrogens with zero attached hydrogens (tertiary/aromatic N) is 1. The van der Waals surface area contributed by atoms with E-state index in [1.165, 1.54) is 43.3 Å². The largest absolute Gasteiger partial charge is 0.490 e. The number of esters is 1. The third kappa shape index (κ3) is 5.93. The molecule has 9 heteroatoms. The van der Waals surface area contributed by atoms with Crippen LogP contribution >= 0.6 is 0 Å². The number of carbonyl (C=O) groups is 2. The van der Waals surface area contributed by atoms with E-state index in [0.717, 1.165) is 0 Å². The molecule has 29 heavy (non-hydrogen) atoms. The molecule has 2 aromatic carbocycles. The first-order valence-corrected chi connectivity index (χ1v) is 9.01. The van der Waals surface area contributed by atoms with Crippen molar-refractivity contribution < 1.29 is 28.7 Å². The van der Waals surface area contributed by atoms with Crippen LogP contribution in [0.25, 0.3) is 0 Å². The predicted molar refractivity (Wildman–Crippen MR) is 105 cm³/mol. The lowest BCUT2D eigenvalue weighted by Gasteiger charge is -2.15. The van der Waals surface area contributed by atoms with Crippen LogP contribution in [0, 0.1) is 10.1 Å². The first kappa shape index (κ1) is 21.7. The molecule has 0 aliphatic rings. The molecule has 0 heterocycles. The number of nitrogens with one attached hydrogen (secondary N) is 1. The normalized spacial score (nSPS) is 11.3. The summed E-state index contributed by atoms with van der Waals surface area (Å²) in [5.41, 5.74) is 0.268. The summed E-state index contributed by atoms with van der Waals surface area (Å²) in [4.78, 5) is 34.9. The van der Waals surface area contributed by atoms with E-state index in [1.54, 1.807) is 13.0 Å². The van der Waals surface area contributed by atoms with E-state index in [0.29, 0.717) is 24.7 Å². The Balaban J connectivity index is 2.05. The summed E-state index contributed by atoms with van der Waals surface area (Å²) in [6.07, 6.45) is -1.12. The maximum atomic E-state index is 12.4. The molecular formula is C20H22N2O7. The summed E-state index contributed by atoms with van der Waals surface area (Å²) in [5, 5.41) is 13.3. The van der Waals surface area contributed by atoms with E-state index in [-0.39, 0.29) is 16.9 Å². The molecule has 0 spiro atoms. The minimum Gasteiger partial charge on any atom is -0.490 e. The number of amides is 1. The minimum absolute atomic E-state index is 0.162. The van der Waals surface area contributed by atoms with E-state index >= 15 is 0 Å². The van der Waals surface area contributed by atoms with Gasteiger partial charge in [0.25, 0.3) is 11.6 Å². The highest BCUT2D eigenvalue weighted by Crippen LogP contribution is 2.29. The standard InChI is InChI=1S/C20H22N2O7/c1-4-27-17-10-9-14(11-18(17)28-5-2)20(24)29-13(3)19(23)21-15-7-6-8-16(12-15)22(25)26/h6-13H,4-5H2,1-3H3,(H,21,23). The van der Waals surface area contributed by atoms with Crippen molar-refractivity contribution in [1.82, 2.24) is 0 Å². The molecular weight excluding hydrogens is 380 g/mol. The van der Waals surface area contributed by atoms with Crippen LogP contribution in [0.1, 0.15) is 31.1 Å². The molecule has 0 fully saturated rings. The topological polar surface area (TPSA) is 117 Å². The van der Waals surface area contributed by atoms with Gasteiger partial charge in [0.15, 0.2) is 17.6 Å². The Morgan fingerprint density at radius 2 is 1.76 bits per heavy atom. The summed E-state index contributed by atoms with van der Waals surface area (Å²) in [7, 11) is 0. The molecule has 2 aromatic rings. The molecule has 0 aliphatic carbocycles. The fourth-order valence-electron chi connectivity index (χ4n) is 2.40. The molecule has 154 valence electrons. The average Bonchev–Trinajstić information content (AvgIpc) is 2.69. The van der Waals surface area contributed by atoms with Crippen molar-refractivity contribution >= 4 is 23.3 Å². The van der Waals surface area contributed by atoms with Gasteiger partial charge in [-0.05, 0) is 45.0 Å².